The van der Waals surface area contributed by atoms with Crippen LogP contribution in [-0.2, 0) is 14.8 Å². The van der Waals surface area contributed by atoms with Gasteiger partial charge in [0.25, 0.3) is 0 Å². The van der Waals surface area contributed by atoms with E-state index in [-0.39, 0.29) is 29.7 Å². The number of amides is 1. The summed E-state index contributed by atoms with van der Waals surface area (Å²) >= 11 is 6.05. The molecule has 1 amide bonds. The van der Waals surface area contributed by atoms with Crippen LogP contribution in [0.25, 0.3) is 0 Å². The van der Waals surface area contributed by atoms with E-state index >= 15 is 0 Å². The van der Waals surface area contributed by atoms with Gasteiger partial charge < -0.3 is 9.64 Å². The molecule has 0 radical (unpaired) electrons. The first-order chi connectivity index (χ1) is 18.8. The third-order valence-corrected chi connectivity index (χ3v) is 10.9. The van der Waals surface area contributed by atoms with E-state index in [2.05, 4.69) is 11.8 Å². The van der Waals surface area contributed by atoms with Crippen LogP contribution in [0.1, 0.15) is 69.9 Å². The third-order valence-electron chi connectivity index (χ3n) is 8.64. The van der Waals surface area contributed by atoms with Crippen LogP contribution in [0.4, 0.5) is 4.79 Å². The van der Waals surface area contributed by atoms with Crippen molar-refractivity contribution < 1.29 is 17.9 Å². The number of piperazine rings is 1. The molecule has 2 saturated heterocycles. The Morgan fingerprint density at radius 3 is 2.33 bits per heavy atom. The molecule has 1 aliphatic carbocycles. The van der Waals surface area contributed by atoms with E-state index in [1.165, 1.54) is 32.1 Å². The Kier molecular flexibility index (Phi) is 9.16. The van der Waals surface area contributed by atoms with Crippen molar-refractivity contribution in [3.05, 3.63) is 65.2 Å². The lowest BCUT2D eigenvalue weighted by molar-refractivity contribution is 0.0185. The molecular weight excluding hydrogens is 534 g/mol. The Morgan fingerprint density at radius 2 is 1.64 bits per heavy atom. The molecule has 3 aliphatic rings. The highest BCUT2D eigenvalue weighted by molar-refractivity contribution is 7.89. The van der Waals surface area contributed by atoms with E-state index < -0.39 is 16.1 Å². The molecule has 1 saturated carbocycles. The predicted octanol–water partition coefficient (Wildman–Crippen LogP) is 6.10. The highest BCUT2D eigenvalue weighted by atomic mass is 35.5. The smallest absolute Gasteiger partial charge is 0.410 e. The largest absolute Gasteiger partial charge is 0.448 e. The molecule has 3 fully saturated rings. The maximum atomic E-state index is 14.0. The molecule has 7 nitrogen and oxygen atoms in total. The maximum absolute atomic E-state index is 14.0. The first-order valence-electron chi connectivity index (χ1n) is 14.4. The van der Waals surface area contributed by atoms with Crippen molar-refractivity contribution in [1.29, 1.82) is 0 Å². The first-order valence-corrected chi connectivity index (χ1v) is 16.2. The number of halogens is 1. The maximum Gasteiger partial charge on any atom is 0.410 e. The number of rotatable bonds is 6. The van der Waals surface area contributed by atoms with Crippen LogP contribution in [0, 0.1) is 0 Å². The Morgan fingerprint density at radius 1 is 0.923 bits per heavy atom. The van der Waals surface area contributed by atoms with E-state index in [0.717, 1.165) is 25.1 Å². The second-order valence-corrected chi connectivity index (χ2v) is 13.5. The summed E-state index contributed by atoms with van der Waals surface area (Å²) in [6, 6.07) is 15.9. The lowest BCUT2D eigenvalue weighted by Crippen LogP contribution is -2.57. The minimum atomic E-state index is -3.87. The average molecular weight is 574 g/mol. The Hall–Kier alpha value is -2.13. The number of hydrogen-bond acceptors (Lipinski definition) is 5. The molecule has 3 atom stereocenters. The summed E-state index contributed by atoms with van der Waals surface area (Å²) in [6.07, 6.45) is 8.26. The van der Waals surface area contributed by atoms with Crippen molar-refractivity contribution in [1.82, 2.24) is 14.1 Å². The van der Waals surface area contributed by atoms with Crippen molar-refractivity contribution >= 4 is 27.7 Å². The minimum absolute atomic E-state index is 0.0323. The van der Waals surface area contributed by atoms with Crippen LogP contribution in [0.5, 0.6) is 0 Å². The van der Waals surface area contributed by atoms with Gasteiger partial charge in [-0.2, -0.15) is 4.31 Å². The molecule has 2 aromatic rings. The van der Waals surface area contributed by atoms with E-state index in [4.69, 9.17) is 16.3 Å². The molecular formula is C30H40ClN3O4S. The van der Waals surface area contributed by atoms with Crippen LogP contribution in [0.2, 0.25) is 5.02 Å². The van der Waals surface area contributed by atoms with Crippen molar-refractivity contribution in [2.75, 3.05) is 26.2 Å². The van der Waals surface area contributed by atoms with Gasteiger partial charge in [-0.15, -0.1) is 0 Å². The van der Waals surface area contributed by atoms with Gasteiger partial charge in [0.05, 0.1) is 17.0 Å². The Balaban J connectivity index is 1.30. The van der Waals surface area contributed by atoms with Crippen molar-refractivity contribution in [2.24, 2.45) is 0 Å². The van der Waals surface area contributed by atoms with E-state index in [0.29, 0.717) is 30.5 Å². The van der Waals surface area contributed by atoms with Crippen LogP contribution in [0.15, 0.2) is 59.5 Å². The quantitative estimate of drug-likeness (QED) is 0.417. The average Bonchev–Trinajstić information content (AvgIpc) is 2.96. The van der Waals surface area contributed by atoms with Crippen molar-refractivity contribution in [3.8, 4) is 0 Å². The van der Waals surface area contributed by atoms with Crippen molar-refractivity contribution in [3.63, 3.8) is 0 Å². The van der Waals surface area contributed by atoms with Gasteiger partial charge in [0.15, 0.2) is 0 Å². The highest BCUT2D eigenvalue weighted by Crippen LogP contribution is 2.39. The summed E-state index contributed by atoms with van der Waals surface area (Å²) < 4.78 is 35.5. The summed E-state index contributed by atoms with van der Waals surface area (Å²) in [7, 11) is -3.87. The van der Waals surface area contributed by atoms with Gasteiger partial charge >= 0.3 is 6.09 Å². The highest BCUT2D eigenvalue weighted by Gasteiger charge is 2.42. The standard InChI is InChI=1S/C30H40ClN3O4S/c1-23-21-32(26-11-6-3-7-12-26)19-20-33(23)30(35)38-22-27-13-8-14-29(24-9-4-2-5-10-24)34(27)39(36,37)28-17-15-25(31)16-18-28/h2,4-5,9-10,15-18,23,26-27,29H,3,6-8,11-14,19-22H2,1H3/t23?,27-,29+/m1/s1. The molecule has 0 bridgehead atoms. The molecule has 0 spiro atoms. The fourth-order valence-electron chi connectivity index (χ4n) is 6.58. The second kappa shape index (κ2) is 12.6. The van der Waals surface area contributed by atoms with Crippen molar-refractivity contribution in [2.45, 2.75) is 87.4 Å². The zero-order valence-corrected chi connectivity index (χ0v) is 24.3. The number of piperidine rings is 1. The van der Waals surface area contributed by atoms with Crippen LogP contribution in [0.3, 0.4) is 0 Å². The summed E-state index contributed by atoms with van der Waals surface area (Å²) in [4.78, 5) is 17.8. The van der Waals surface area contributed by atoms with Gasteiger partial charge in [0.2, 0.25) is 10.0 Å². The molecule has 2 heterocycles. The molecule has 1 unspecified atom stereocenters. The van der Waals surface area contributed by atoms with E-state index in [9.17, 15) is 13.2 Å². The number of ether oxygens (including phenoxy) is 1. The van der Waals surface area contributed by atoms with Gasteiger partial charge in [-0.1, -0.05) is 61.2 Å². The van der Waals surface area contributed by atoms with Crippen LogP contribution < -0.4 is 0 Å². The van der Waals surface area contributed by atoms with Gasteiger partial charge in [-0.25, -0.2) is 13.2 Å². The Bertz CT molecular complexity index is 1200. The number of carbonyl (C=O) groups excluding carboxylic acids is 1. The monoisotopic (exact) mass is 573 g/mol. The minimum Gasteiger partial charge on any atom is -0.448 e. The molecule has 2 aliphatic heterocycles. The molecule has 0 N–H and O–H groups in total. The first kappa shape index (κ1) is 28.4. The number of sulfonamides is 1. The molecule has 0 aromatic heterocycles. The van der Waals surface area contributed by atoms with E-state index in [1.807, 2.05) is 35.2 Å². The molecule has 39 heavy (non-hydrogen) atoms. The topological polar surface area (TPSA) is 70.2 Å². The van der Waals surface area contributed by atoms with Gasteiger partial charge in [0, 0.05) is 36.7 Å². The summed E-state index contributed by atoms with van der Waals surface area (Å²) in [6.45, 7) is 4.47. The molecule has 2 aromatic carbocycles. The zero-order valence-electron chi connectivity index (χ0n) is 22.8. The number of benzene rings is 2. The fraction of sp³-hybridized carbons (Fsp3) is 0.567. The number of hydrogen-bond donors (Lipinski definition) is 0. The SMILES string of the molecule is CC1CN(C2CCCCC2)CCN1C(=O)OC[C@H]1CCC[C@@H](c2ccccc2)N1S(=O)(=O)c1ccc(Cl)cc1. The fourth-order valence-corrected chi connectivity index (χ4v) is 8.55. The lowest BCUT2D eigenvalue weighted by atomic mass is 9.93. The molecule has 212 valence electrons. The lowest BCUT2D eigenvalue weighted by Gasteiger charge is -2.44. The zero-order chi connectivity index (χ0) is 27.4. The summed E-state index contributed by atoms with van der Waals surface area (Å²) in [5.74, 6) is 0. The second-order valence-electron chi connectivity index (χ2n) is 11.2. The number of carbonyl (C=O) groups is 1. The Labute approximate surface area is 238 Å². The summed E-state index contributed by atoms with van der Waals surface area (Å²) in [5.41, 5.74) is 0.943. The predicted molar refractivity (Wildman–Crippen MR) is 153 cm³/mol. The summed E-state index contributed by atoms with van der Waals surface area (Å²) in [5, 5.41) is 0.482. The molecule has 5 rings (SSSR count). The molecule has 9 heteroatoms. The van der Waals surface area contributed by atoms with Gasteiger partial charge in [-0.05, 0) is 68.9 Å². The number of nitrogens with zero attached hydrogens (tertiary/aromatic N) is 3. The van der Waals surface area contributed by atoms with Crippen LogP contribution in [-0.4, -0.2) is 73.0 Å². The van der Waals surface area contributed by atoms with Crippen LogP contribution >= 0.6 is 11.6 Å². The third kappa shape index (κ3) is 6.45. The van der Waals surface area contributed by atoms with Gasteiger partial charge in [0.1, 0.15) is 6.61 Å². The van der Waals surface area contributed by atoms with Gasteiger partial charge in [-0.3, -0.25) is 4.90 Å². The normalized spacial score (nSPS) is 25.9. The van der Waals surface area contributed by atoms with E-state index in [1.54, 1.807) is 28.6 Å².